The van der Waals surface area contributed by atoms with Crippen molar-refractivity contribution in [1.82, 2.24) is 4.98 Å². The fourth-order valence-corrected chi connectivity index (χ4v) is 4.27. The van der Waals surface area contributed by atoms with Gasteiger partial charge in [0.05, 0.1) is 16.9 Å². The molecule has 0 aliphatic carbocycles. The molecule has 2 aromatic carbocycles. The molecule has 0 saturated heterocycles. The number of aliphatic imine (C=N–C) groups is 1. The molecule has 0 spiro atoms. The van der Waals surface area contributed by atoms with Crippen molar-refractivity contribution < 1.29 is 26.7 Å². The van der Waals surface area contributed by atoms with E-state index in [-0.39, 0.29) is 52.8 Å². The molecule has 0 atom stereocenters. The van der Waals surface area contributed by atoms with E-state index in [1.807, 2.05) is 0 Å². The summed E-state index contributed by atoms with van der Waals surface area (Å²) in [6.45, 7) is 0.482. The van der Waals surface area contributed by atoms with Gasteiger partial charge in [-0.3, -0.25) is 14.7 Å². The summed E-state index contributed by atoms with van der Waals surface area (Å²) in [4.78, 5) is 22.6. The lowest BCUT2D eigenvalue weighted by Crippen LogP contribution is -2.25. The van der Waals surface area contributed by atoms with Crippen molar-refractivity contribution in [3.63, 3.8) is 0 Å². The summed E-state index contributed by atoms with van der Waals surface area (Å²) in [6, 6.07) is 7.19. The Labute approximate surface area is 220 Å². The minimum atomic E-state index is -4.53. The number of unbranched alkanes of at least 4 members (excludes halogenated alkanes) is 3. The zero-order valence-corrected chi connectivity index (χ0v) is 21.1. The van der Waals surface area contributed by atoms with Crippen LogP contribution in [0.4, 0.5) is 32.8 Å². The lowest BCUT2D eigenvalue weighted by molar-refractivity contribution is -0.137. The summed E-state index contributed by atoms with van der Waals surface area (Å²) in [5, 5.41) is 1.66. The first-order valence-corrected chi connectivity index (χ1v) is 11.9. The normalized spacial score (nSPS) is 11.1. The van der Waals surface area contributed by atoms with E-state index in [0.29, 0.717) is 13.0 Å². The Bertz CT molecular complexity index is 1210. The second kappa shape index (κ2) is 13.3. The Hall–Kier alpha value is -3.25. The number of nitrogens with zero attached hydrogens (tertiary/aromatic N) is 3. The highest BCUT2D eigenvalue weighted by Gasteiger charge is 2.31. The third-order valence-corrected chi connectivity index (χ3v) is 6.01. The van der Waals surface area contributed by atoms with Crippen molar-refractivity contribution in [2.45, 2.75) is 38.3 Å². The molecule has 4 N–H and O–H groups in total. The third kappa shape index (κ3) is 8.39. The summed E-state index contributed by atoms with van der Waals surface area (Å²) in [6.07, 6.45) is -1.63. The Balaban J connectivity index is 0.00000481. The molecule has 0 fully saturated rings. The highest BCUT2D eigenvalue weighted by atomic mass is 35.5. The van der Waals surface area contributed by atoms with Crippen LogP contribution in [0.3, 0.4) is 0 Å². The second-order valence-electron chi connectivity index (χ2n) is 7.88. The molecule has 0 aliphatic heterocycles. The second-order valence-corrected chi connectivity index (χ2v) is 8.72. The summed E-state index contributed by atoms with van der Waals surface area (Å²) < 4.78 is 66.6. The zero-order valence-electron chi connectivity index (χ0n) is 19.5. The van der Waals surface area contributed by atoms with E-state index in [1.165, 1.54) is 28.5 Å². The van der Waals surface area contributed by atoms with Gasteiger partial charge in [-0.25, -0.2) is 13.8 Å². The predicted octanol–water partition coefficient (Wildman–Crippen LogP) is 6.42. The van der Waals surface area contributed by atoms with Gasteiger partial charge in [0.1, 0.15) is 11.6 Å². The average molecular weight is 562 g/mol. The highest BCUT2D eigenvalue weighted by Crippen LogP contribution is 2.36. The average Bonchev–Trinajstić information content (AvgIpc) is 3.27. The van der Waals surface area contributed by atoms with Crippen molar-refractivity contribution in [2.24, 2.45) is 16.5 Å². The molecule has 37 heavy (non-hydrogen) atoms. The first kappa shape index (κ1) is 30.0. The fourth-order valence-electron chi connectivity index (χ4n) is 3.41. The van der Waals surface area contributed by atoms with Gasteiger partial charge in [0.25, 0.3) is 0 Å². The van der Waals surface area contributed by atoms with Crippen molar-refractivity contribution in [2.75, 3.05) is 11.4 Å². The van der Waals surface area contributed by atoms with Crippen molar-refractivity contribution in [3.05, 3.63) is 65.0 Å². The van der Waals surface area contributed by atoms with Gasteiger partial charge in [-0.1, -0.05) is 12.8 Å². The van der Waals surface area contributed by atoms with Crippen LogP contribution in [-0.2, 0) is 11.0 Å². The molecule has 1 heterocycles. The number of thiazole rings is 1. The Morgan fingerprint density at radius 2 is 1.68 bits per heavy atom. The number of nitrogens with two attached hydrogens (primary N) is 2. The number of hydrogen-bond acceptors (Lipinski definition) is 4. The number of carbonyl (C=O) groups excluding carboxylic acids is 1. The Morgan fingerprint density at radius 1 is 1.00 bits per heavy atom. The van der Waals surface area contributed by atoms with Crippen LogP contribution < -0.4 is 16.4 Å². The maximum Gasteiger partial charge on any atom is 0.416 e. The number of halogens is 6. The molecule has 1 aromatic heterocycles. The Kier molecular flexibility index (Phi) is 10.8. The summed E-state index contributed by atoms with van der Waals surface area (Å²) in [5.74, 6) is -1.92. The number of hydrogen-bond donors (Lipinski definition) is 2. The van der Waals surface area contributed by atoms with Crippen LogP contribution in [-0.4, -0.2) is 23.4 Å². The number of rotatable bonds is 10. The minimum absolute atomic E-state index is 0. The van der Waals surface area contributed by atoms with E-state index in [1.54, 1.807) is 0 Å². The number of benzene rings is 2. The fraction of sp³-hybridized carbons (Fsp3) is 0.292. The lowest BCUT2D eigenvalue weighted by atomic mass is 10.1. The summed E-state index contributed by atoms with van der Waals surface area (Å²) in [5.41, 5.74) is 10.1. The van der Waals surface area contributed by atoms with Crippen LogP contribution in [0, 0.1) is 11.6 Å². The van der Waals surface area contributed by atoms with Crippen LogP contribution >= 0.6 is 23.7 Å². The quantitative estimate of drug-likeness (QED) is 0.129. The molecular formula is C24H25ClF5N5OS. The highest BCUT2D eigenvalue weighted by molar-refractivity contribution is 7.14. The number of carbonyl (C=O) groups is 1. The molecule has 0 unspecified atom stereocenters. The van der Waals surface area contributed by atoms with Crippen molar-refractivity contribution in [3.8, 4) is 11.3 Å². The molecule has 13 heteroatoms. The topological polar surface area (TPSA) is 97.6 Å². The maximum absolute atomic E-state index is 14.2. The molecule has 200 valence electrons. The smallest absolute Gasteiger partial charge is 0.370 e. The van der Waals surface area contributed by atoms with Gasteiger partial charge in [-0.15, -0.1) is 23.7 Å². The first-order valence-electron chi connectivity index (χ1n) is 11.0. The van der Waals surface area contributed by atoms with E-state index in [4.69, 9.17) is 11.5 Å². The van der Waals surface area contributed by atoms with Gasteiger partial charge in [0.15, 0.2) is 11.1 Å². The van der Waals surface area contributed by atoms with Gasteiger partial charge in [-0.2, -0.15) is 13.2 Å². The van der Waals surface area contributed by atoms with E-state index in [9.17, 15) is 26.7 Å². The van der Waals surface area contributed by atoms with Crippen LogP contribution in [0.5, 0.6) is 0 Å². The molecule has 1 amide bonds. The number of anilines is 2. The number of alkyl halides is 3. The molecule has 0 radical (unpaired) electrons. The van der Waals surface area contributed by atoms with E-state index in [0.717, 1.165) is 54.9 Å². The van der Waals surface area contributed by atoms with Gasteiger partial charge in [-0.05, 0) is 49.2 Å². The first-order chi connectivity index (χ1) is 17.1. The van der Waals surface area contributed by atoms with Crippen molar-refractivity contribution >= 4 is 46.4 Å². The third-order valence-electron chi connectivity index (χ3n) is 5.19. The van der Waals surface area contributed by atoms with Gasteiger partial charge in [0, 0.05) is 30.0 Å². The SMILES string of the molecule is Cl.NC(N)=NCCCCCCC(=O)N(c1ccc(C(F)(F)F)cc1)c1nc(-c2ccc(F)cc2F)cs1. The van der Waals surface area contributed by atoms with E-state index >= 15 is 0 Å². The summed E-state index contributed by atoms with van der Waals surface area (Å²) in [7, 11) is 0. The Morgan fingerprint density at radius 3 is 2.30 bits per heavy atom. The minimum Gasteiger partial charge on any atom is -0.370 e. The molecule has 3 rings (SSSR count). The molecule has 3 aromatic rings. The molecular weight excluding hydrogens is 537 g/mol. The van der Waals surface area contributed by atoms with Gasteiger partial charge >= 0.3 is 6.18 Å². The number of guanidine groups is 1. The van der Waals surface area contributed by atoms with Crippen molar-refractivity contribution in [1.29, 1.82) is 0 Å². The maximum atomic E-state index is 14.2. The predicted molar refractivity (Wildman–Crippen MR) is 137 cm³/mol. The van der Waals surface area contributed by atoms with Crippen LogP contribution in [0.25, 0.3) is 11.3 Å². The van der Waals surface area contributed by atoms with Gasteiger partial charge < -0.3 is 11.5 Å². The van der Waals surface area contributed by atoms with Crippen LogP contribution in [0.1, 0.15) is 37.7 Å². The standard InChI is InChI=1S/C24H24F5N5OS.ClH/c25-16-8-11-18(19(26)13-16)20-14-36-23(33-20)34(17-9-6-15(7-10-17)24(27,28)29)21(35)5-3-1-2-4-12-32-22(30)31;/h6-11,13-14H,1-5,12H2,(H4,30,31,32);1H. The van der Waals surface area contributed by atoms with E-state index < -0.39 is 23.4 Å². The van der Waals surface area contributed by atoms with E-state index in [2.05, 4.69) is 9.98 Å². The number of aromatic nitrogens is 1. The molecule has 0 saturated carbocycles. The number of amides is 1. The molecule has 6 nitrogen and oxygen atoms in total. The van der Waals surface area contributed by atoms with Crippen LogP contribution in [0.2, 0.25) is 0 Å². The lowest BCUT2D eigenvalue weighted by Gasteiger charge is -2.21. The molecule has 0 bridgehead atoms. The summed E-state index contributed by atoms with van der Waals surface area (Å²) >= 11 is 1.02. The molecule has 0 aliphatic rings. The van der Waals surface area contributed by atoms with Gasteiger partial charge in [0.2, 0.25) is 5.91 Å². The largest absolute Gasteiger partial charge is 0.416 e. The zero-order chi connectivity index (χ0) is 26.3. The van der Waals surface area contributed by atoms with Crippen LogP contribution in [0.15, 0.2) is 52.8 Å². The monoisotopic (exact) mass is 561 g/mol.